The minimum Gasteiger partial charge on any atom is -0.493 e. The molecule has 1 aromatic heterocycles. The van der Waals surface area contributed by atoms with E-state index in [1.165, 1.54) is 0 Å². The lowest BCUT2D eigenvalue weighted by Gasteiger charge is -2.35. The van der Waals surface area contributed by atoms with Gasteiger partial charge in [0.1, 0.15) is 17.5 Å². The van der Waals surface area contributed by atoms with E-state index in [1.807, 2.05) is 61.5 Å². The van der Waals surface area contributed by atoms with E-state index < -0.39 is 17.6 Å². The number of benzene rings is 3. The highest BCUT2D eigenvalue weighted by Crippen LogP contribution is 2.40. The van der Waals surface area contributed by atoms with Gasteiger partial charge in [0.15, 0.2) is 0 Å². The van der Waals surface area contributed by atoms with E-state index in [9.17, 15) is 15.0 Å². The second kappa shape index (κ2) is 10.7. The minimum absolute atomic E-state index is 0.171. The fourth-order valence-corrected chi connectivity index (χ4v) is 4.89. The van der Waals surface area contributed by atoms with E-state index in [1.54, 1.807) is 24.0 Å². The molecule has 8 heteroatoms. The summed E-state index contributed by atoms with van der Waals surface area (Å²) in [7, 11) is 0. The Morgan fingerprint density at radius 2 is 1.74 bits per heavy atom. The van der Waals surface area contributed by atoms with E-state index in [0.717, 1.165) is 33.3 Å². The molecule has 3 aromatic carbocycles. The van der Waals surface area contributed by atoms with Crippen LogP contribution in [0.1, 0.15) is 35.3 Å². The molecule has 0 saturated heterocycles. The van der Waals surface area contributed by atoms with Gasteiger partial charge in [-0.2, -0.15) is 0 Å². The molecule has 2 heterocycles. The van der Waals surface area contributed by atoms with Crippen LogP contribution in [0.25, 0.3) is 10.9 Å². The Labute approximate surface area is 226 Å². The van der Waals surface area contributed by atoms with Crippen molar-refractivity contribution < 1.29 is 24.5 Å². The van der Waals surface area contributed by atoms with Crippen LogP contribution in [-0.2, 0) is 6.42 Å². The summed E-state index contributed by atoms with van der Waals surface area (Å²) in [6, 6.07) is 20.3. The molecule has 1 aliphatic heterocycles. The molecule has 7 nitrogen and oxygen atoms in total. The fourth-order valence-electron chi connectivity index (χ4n) is 4.71. The van der Waals surface area contributed by atoms with Gasteiger partial charge in [-0.3, -0.25) is 4.90 Å². The van der Waals surface area contributed by atoms with E-state index in [0.29, 0.717) is 29.5 Å². The molecule has 0 radical (unpaired) electrons. The summed E-state index contributed by atoms with van der Waals surface area (Å²) in [6.45, 7) is 4.02. The first kappa shape index (κ1) is 26.1. The van der Waals surface area contributed by atoms with Gasteiger partial charge in [-0.25, -0.2) is 4.79 Å². The number of rotatable bonds is 7. The Bertz CT molecular complexity index is 1430. The predicted molar refractivity (Wildman–Crippen MR) is 147 cm³/mol. The van der Waals surface area contributed by atoms with Crippen LogP contribution in [0.2, 0.25) is 5.02 Å². The first-order valence-corrected chi connectivity index (χ1v) is 13.0. The SMILES string of the molecule is Cc1ccc(OC(=O)N2CCc3c([nH]c4ccc(Cl)cc34)C2c2ccc(OCC(C)(CO)CO)cc2)cc1. The van der Waals surface area contributed by atoms with Crippen molar-refractivity contribution in [3.05, 3.63) is 94.1 Å². The van der Waals surface area contributed by atoms with Crippen LogP contribution in [-0.4, -0.2) is 52.6 Å². The molecule has 0 spiro atoms. The maximum Gasteiger partial charge on any atom is 0.416 e. The van der Waals surface area contributed by atoms with Crippen LogP contribution in [0.15, 0.2) is 66.7 Å². The third-order valence-corrected chi connectivity index (χ3v) is 7.33. The number of nitrogens with zero attached hydrogens (tertiary/aromatic N) is 1. The number of ether oxygens (including phenoxy) is 2. The van der Waals surface area contributed by atoms with Gasteiger partial charge in [-0.05, 0) is 66.9 Å². The van der Waals surface area contributed by atoms with E-state index in [-0.39, 0.29) is 19.8 Å². The van der Waals surface area contributed by atoms with Crippen molar-refractivity contribution in [1.82, 2.24) is 9.88 Å². The van der Waals surface area contributed by atoms with Crippen LogP contribution in [0, 0.1) is 12.3 Å². The van der Waals surface area contributed by atoms with Crippen LogP contribution in [0.3, 0.4) is 0 Å². The standard InChI is InChI=1S/C30H31ClN2O5/c1-19-3-8-23(9-4-19)38-29(36)33-14-13-24-25-15-21(31)7-12-26(25)32-27(24)28(33)20-5-10-22(11-6-20)37-18-30(2,16-34)17-35/h3-12,15,28,32,34-35H,13-14,16-18H2,1-2H3. The van der Waals surface area contributed by atoms with E-state index >= 15 is 0 Å². The number of fused-ring (bicyclic) bond motifs is 3. The second-order valence-corrected chi connectivity index (χ2v) is 10.7. The Morgan fingerprint density at radius 3 is 2.42 bits per heavy atom. The van der Waals surface area contributed by atoms with Crippen LogP contribution >= 0.6 is 11.6 Å². The average Bonchev–Trinajstić information content (AvgIpc) is 3.30. The summed E-state index contributed by atoms with van der Waals surface area (Å²) >= 11 is 6.31. The van der Waals surface area contributed by atoms with Crippen molar-refractivity contribution in [3.8, 4) is 11.5 Å². The molecule has 1 atom stereocenters. The van der Waals surface area contributed by atoms with E-state index in [4.69, 9.17) is 21.1 Å². The van der Waals surface area contributed by atoms with Gasteiger partial charge in [0, 0.05) is 33.6 Å². The number of hydrogen-bond acceptors (Lipinski definition) is 5. The van der Waals surface area contributed by atoms with Crippen molar-refractivity contribution in [3.63, 3.8) is 0 Å². The van der Waals surface area contributed by atoms with Gasteiger partial charge in [-0.1, -0.05) is 48.4 Å². The molecular formula is C30H31ClN2O5. The molecule has 1 unspecified atom stereocenters. The predicted octanol–water partition coefficient (Wildman–Crippen LogP) is 5.65. The molecule has 4 aromatic rings. The summed E-state index contributed by atoms with van der Waals surface area (Å²) in [4.78, 5) is 18.7. The van der Waals surface area contributed by atoms with Crippen LogP contribution in [0.5, 0.6) is 11.5 Å². The summed E-state index contributed by atoms with van der Waals surface area (Å²) in [5.41, 5.74) is 4.26. The number of hydrogen-bond donors (Lipinski definition) is 3. The van der Waals surface area contributed by atoms with Gasteiger partial charge >= 0.3 is 6.09 Å². The molecule has 0 saturated carbocycles. The van der Waals surface area contributed by atoms with Gasteiger partial charge in [-0.15, -0.1) is 0 Å². The summed E-state index contributed by atoms with van der Waals surface area (Å²) in [6.07, 6.45) is 0.236. The average molecular weight is 535 g/mol. The number of aliphatic hydroxyl groups is 2. The molecule has 3 N–H and O–H groups in total. The lowest BCUT2D eigenvalue weighted by molar-refractivity contribution is 0.0287. The number of amides is 1. The number of carbonyl (C=O) groups is 1. The molecular weight excluding hydrogens is 504 g/mol. The fraction of sp³-hybridized carbons (Fsp3) is 0.300. The Morgan fingerprint density at radius 1 is 1.05 bits per heavy atom. The molecule has 1 aliphatic rings. The number of nitrogens with one attached hydrogen (secondary N) is 1. The largest absolute Gasteiger partial charge is 0.493 e. The van der Waals surface area contributed by atoms with Gasteiger partial charge in [0.25, 0.3) is 0 Å². The smallest absolute Gasteiger partial charge is 0.416 e. The van der Waals surface area contributed by atoms with Crippen molar-refractivity contribution in [2.24, 2.45) is 5.41 Å². The zero-order chi connectivity index (χ0) is 26.9. The lowest BCUT2D eigenvalue weighted by atomic mass is 9.92. The van der Waals surface area contributed by atoms with Crippen LogP contribution in [0.4, 0.5) is 4.79 Å². The number of aromatic amines is 1. The lowest BCUT2D eigenvalue weighted by Crippen LogP contribution is -2.42. The molecule has 1 amide bonds. The monoisotopic (exact) mass is 534 g/mol. The summed E-state index contributed by atoms with van der Waals surface area (Å²) in [5, 5.41) is 20.8. The number of aliphatic hydroxyl groups excluding tert-OH is 2. The molecule has 198 valence electrons. The third-order valence-electron chi connectivity index (χ3n) is 7.10. The van der Waals surface area contributed by atoms with Gasteiger partial charge in [0.05, 0.1) is 19.8 Å². The summed E-state index contributed by atoms with van der Waals surface area (Å²) in [5.74, 6) is 1.10. The highest BCUT2D eigenvalue weighted by atomic mass is 35.5. The Kier molecular flexibility index (Phi) is 7.34. The van der Waals surface area contributed by atoms with Gasteiger partial charge in [0.2, 0.25) is 0 Å². The van der Waals surface area contributed by atoms with Crippen LogP contribution < -0.4 is 9.47 Å². The highest BCUT2D eigenvalue weighted by molar-refractivity contribution is 6.31. The van der Waals surface area contributed by atoms with E-state index in [2.05, 4.69) is 4.98 Å². The number of halogens is 1. The molecule has 0 bridgehead atoms. The zero-order valence-electron chi connectivity index (χ0n) is 21.4. The second-order valence-electron chi connectivity index (χ2n) is 10.2. The highest BCUT2D eigenvalue weighted by Gasteiger charge is 2.36. The number of aromatic nitrogens is 1. The van der Waals surface area contributed by atoms with Crippen molar-refractivity contribution in [2.45, 2.75) is 26.3 Å². The normalized spacial score (nSPS) is 15.4. The number of H-pyrrole nitrogens is 1. The Hall–Kier alpha value is -3.52. The summed E-state index contributed by atoms with van der Waals surface area (Å²) < 4.78 is 11.6. The molecule has 0 fully saturated rings. The Balaban J connectivity index is 1.48. The topological polar surface area (TPSA) is 95.0 Å². The molecule has 5 rings (SSSR count). The number of carbonyl (C=O) groups excluding carboxylic acids is 1. The maximum atomic E-state index is 13.5. The van der Waals surface area contributed by atoms with Crippen molar-refractivity contribution >= 4 is 28.6 Å². The van der Waals surface area contributed by atoms with Crippen molar-refractivity contribution in [2.75, 3.05) is 26.4 Å². The molecule has 0 aliphatic carbocycles. The number of aryl methyl sites for hydroxylation is 1. The van der Waals surface area contributed by atoms with Crippen molar-refractivity contribution in [1.29, 1.82) is 0 Å². The first-order valence-electron chi connectivity index (χ1n) is 12.6. The first-order chi connectivity index (χ1) is 18.3. The zero-order valence-corrected chi connectivity index (χ0v) is 22.2. The maximum absolute atomic E-state index is 13.5. The van der Waals surface area contributed by atoms with Gasteiger partial charge < -0.3 is 24.7 Å². The molecule has 38 heavy (non-hydrogen) atoms. The third kappa shape index (κ3) is 5.23. The minimum atomic E-state index is -0.737. The quantitative estimate of drug-likeness (QED) is 0.285.